The Labute approximate surface area is 109 Å². The molecule has 1 aromatic rings. The number of nitrogens with zero attached hydrogens (tertiary/aromatic N) is 1. The van der Waals surface area contributed by atoms with E-state index in [-0.39, 0.29) is 12.1 Å². The van der Waals surface area contributed by atoms with Crippen LogP contribution in [0.3, 0.4) is 0 Å². The quantitative estimate of drug-likeness (QED) is 0.888. The van der Waals surface area contributed by atoms with E-state index >= 15 is 0 Å². The van der Waals surface area contributed by atoms with Gasteiger partial charge in [0.15, 0.2) is 0 Å². The Morgan fingerprint density at radius 2 is 2.00 bits per heavy atom. The molecule has 0 bridgehead atoms. The topological polar surface area (TPSA) is 32.7 Å². The first-order chi connectivity index (χ1) is 8.61. The van der Waals surface area contributed by atoms with Gasteiger partial charge in [0, 0.05) is 18.7 Å². The Balaban J connectivity index is 2.04. The molecule has 4 atom stereocenters. The molecule has 1 fully saturated rings. The maximum Gasteiger partial charge on any atom is 0.0942 e. The molecule has 1 N–H and O–H groups in total. The average Bonchev–Trinajstić information content (AvgIpc) is 2.83. The van der Waals surface area contributed by atoms with Gasteiger partial charge in [-0.1, -0.05) is 30.3 Å². The van der Waals surface area contributed by atoms with Crippen LogP contribution in [0.4, 0.5) is 0 Å². The predicted molar refractivity (Wildman–Crippen MR) is 72.4 cm³/mol. The predicted octanol–water partition coefficient (Wildman–Crippen LogP) is 2.22. The second kappa shape index (κ2) is 5.83. The summed E-state index contributed by atoms with van der Waals surface area (Å²) in [6.45, 7) is 5.00. The first-order valence-electron chi connectivity index (χ1n) is 6.68. The third-order valence-electron chi connectivity index (χ3n) is 4.10. The fourth-order valence-electron chi connectivity index (χ4n) is 2.71. The Morgan fingerprint density at radius 1 is 1.33 bits per heavy atom. The lowest BCUT2D eigenvalue weighted by atomic mass is 10.00. The molecular formula is C15H23NO2. The van der Waals surface area contributed by atoms with Crippen molar-refractivity contribution in [3.8, 4) is 0 Å². The highest BCUT2D eigenvalue weighted by Gasteiger charge is 2.32. The number of rotatable bonds is 4. The smallest absolute Gasteiger partial charge is 0.0942 e. The number of hydrogen-bond acceptors (Lipinski definition) is 3. The van der Waals surface area contributed by atoms with Crippen LogP contribution < -0.4 is 0 Å². The third kappa shape index (κ3) is 2.74. The van der Waals surface area contributed by atoms with Crippen molar-refractivity contribution in [2.45, 2.75) is 44.6 Å². The molecule has 1 aromatic carbocycles. The van der Waals surface area contributed by atoms with Crippen LogP contribution >= 0.6 is 0 Å². The van der Waals surface area contributed by atoms with E-state index in [9.17, 15) is 5.11 Å². The van der Waals surface area contributed by atoms with Crippen molar-refractivity contribution in [1.82, 2.24) is 4.90 Å². The average molecular weight is 249 g/mol. The summed E-state index contributed by atoms with van der Waals surface area (Å²) < 4.78 is 5.60. The van der Waals surface area contributed by atoms with Gasteiger partial charge in [0.1, 0.15) is 0 Å². The lowest BCUT2D eigenvalue weighted by Gasteiger charge is -2.35. The molecule has 1 saturated heterocycles. The van der Waals surface area contributed by atoms with Gasteiger partial charge >= 0.3 is 0 Å². The zero-order valence-electron chi connectivity index (χ0n) is 11.4. The van der Waals surface area contributed by atoms with Crippen molar-refractivity contribution in [1.29, 1.82) is 0 Å². The summed E-state index contributed by atoms with van der Waals surface area (Å²) in [6.07, 6.45) is 0.841. The van der Waals surface area contributed by atoms with Crippen molar-refractivity contribution in [2.75, 3.05) is 13.7 Å². The Morgan fingerprint density at radius 3 is 2.56 bits per heavy atom. The molecule has 2 rings (SSSR count). The maximum absolute atomic E-state index is 10.4. The number of hydrogen-bond donors (Lipinski definition) is 1. The normalized spacial score (nSPS) is 27.4. The molecule has 3 nitrogen and oxygen atoms in total. The number of benzene rings is 1. The minimum absolute atomic E-state index is 0.0848. The van der Waals surface area contributed by atoms with Gasteiger partial charge in [-0.25, -0.2) is 0 Å². The summed E-state index contributed by atoms with van der Waals surface area (Å²) >= 11 is 0. The molecular weight excluding hydrogens is 226 g/mol. The fraction of sp³-hybridized carbons (Fsp3) is 0.600. The van der Waals surface area contributed by atoms with Crippen LogP contribution in [-0.4, -0.2) is 41.8 Å². The van der Waals surface area contributed by atoms with Gasteiger partial charge in [0.2, 0.25) is 0 Å². The number of aliphatic hydroxyl groups is 1. The second-order valence-corrected chi connectivity index (χ2v) is 5.19. The molecule has 0 aliphatic carbocycles. The number of aliphatic hydroxyl groups excluding tert-OH is 1. The minimum atomic E-state index is -0.455. The van der Waals surface area contributed by atoms with Crippen LogP contribution in [0.15, 0.2) is 30.3 Å². The lowest BCUT2D eigenvalue weighted by molar-refractivity contribution is 0.0218. The molecule has 4 unspecified atom stereocenters. The van der Waals surface area contributed by atoms with Crippen LogP contribution in [0.5, 0.6) is 0 Å². The highest BCUT2D eigenvalue weighted by Crippen LogP contribution is 2.26. The van der Waals surface area contributed by atoms with Crippen LogP contribution in [0.25, 0.3) is 0 Å². The minimum Gasteiger partial charge on any atom is -0.387 e. The summed E-state index contributed by atoms with van der Waals surface area (Å²) in [5, 5.41) is 10.4. The van der Waals surface area contributed by atoms with Gasteiger partial charge in [-0.2, -0.15) is 0 Å². The molecule has 0 amide bonds. The summed E-state index contributed by atoms with van der Waals surface area (Å²) in [5.74, 6) is 0. The van der Waals surface area contributed by atoms with Crippen LogP contribution in [0, 0.1) is 0 Å². The van der Waals surface area contributed by atoms with Crippen molar-refractivity contribution < 1.29 is 9.84 Å². The zero-order chi connectivity index (χ0) is 13.1. The Hall–Kier alpha value is -0.900. The third-order valence-corrected chi connectivity index (χ3v) is 4.10. The van der Waals surface area contributed by atoms with Gasteiger partial charge < -0.3 is 9.84 Å². The van der Waals surface area contributed by atoms with Crippen molar-refractivity contribution >= 4 is 0 Å². The molecule has 3 heteroatoms. The molecule has 1 aliphatic rings. The standard InChI is InChI=1S/C15H23NO2/c1-11(15(17)13-7-5-4-6-8-13)16(3)14-9-10-18-12(14)2/h4-8,11-12,14-15,17H,9-10H2,1-3H3. The summed E-state index contributed by atoms with van der Waals surface area (Å²) in [4.78, 5) is 2.25. The van der Waals surface area contributed by atoms with Gasteiger partial charge in [-0.3, -0.25) is 4.90 Å². The number of likely N-dealkylation sites (N-methyl/N-ethyl adjacent to an activating group) is 1. The van der Waals surface area contributed by atoms with Gasteiger partial charge in [-0.15, -0.1) is 0 Å². The Bertz CT molecular complexity index is 368. The summed E-state index contributed by atoms with van der Waals surface area (Å²) in [6, 6.07) is 10.3. The highest BCUT2D eigenvalue weighted by atomic mass is 16.5. The van der Waals surface area contributed by atoms with Gasteiger partial charge in [0.05, 0.1) is 12.2 Å². The van der Waals surface area contributed by atoms with E-state index in [1.54, 1.807) is 0 Å². The van der Waals surface area contributed by atoms with E-state index in [0.717, 1.165) is 18.6 Å². The molecule has 1 heterocycles. The highest BCUT2D eigenvalue weighted by molar-refractivity contribution is 5.18. The van der Waals surface area contributed by atoms with Gasteiger partial charge in [0.25, 0.3) is 0 Å². The van der Waals surface area contributed by atoms with E-state index < -0.39 is 6.10 Å². The lowest BCUT2D eigenvalue weighted by Crippen LogP contribution is -2.44. The van der Waals surface area contributed by atoms with Crippen LogP contribution in [0.2, 0.25) is 0 Å². The summed E-state index contributed by atoms with van der Waals surface area (Å²) in [7, 11) is 2.08. The molecule has 100 valence electrons. The van der Waals surface area contributed by atoms with E-state index in [4.69, 9.17) is 4.74 Å². The first-order valence-corrected chi connectivity index (χ1v) is 6.68. The van der Waals surface area contributed by atoms with E-state index in [0.29, 0.717) is 6.04 Å². The molecule has 1 aliphatic heterocycles. The van der Waals surface area contributed by atoms with Crippen molar-refractivity contribution in [3.05, 3.63) is 35.9 Å². The van der Waals surface area contributed by atoms with Crippen LogP contribution in [0.1, 0.15) is 31.9 Å². The number of ether oxygens (including phenoxy) is 1. The largest absolute Gasteiger partial charge is 0.387 e. The van der Waals surface area contributed by atoms with E-state index in [1.165, 1.54) is 0 Å². The van der Waals surface area contributed by atoms with Crippen molar-refractivity contribution in [2.24, 2.45) is 0 Å². The maximum atomic E-state index is 10.4. The monoisotopic (exact) mass is 249 g/mol. The first kappa shape index (κ1) is 13.5. The molecule has 18 heavy (non-hydrogen) atoms. The summed E-state index contributed by atoms with van der Waals surface area (Å²) in [5.41, 5.74) is 0.975. The van der Waals surface area contributed by atoms with Crippen LogP contribution in [-0.2, 0) is 4.74 Å². The van der Waals surface area contributed by atoms with Crippen molar-refractivity contribution in [3.63, 3.8) is 0 Å². The molecule has 0 spiro atoms. The Kier molecular flexibility index (Phi) is 4.38. The second-order valence-electron chi connectivity index (χ2n) is 5.19. The SMILES string of the molecule is CC1OCCC1N(C)C(C)C(O)c1ccccc1. The molecule has 0 aromatic heterocycles. The van der Waals surface area contributed by atoms with Gasteiger partial charge in [-0.05, 0) is 32.9 Å². The van der Waals surface area contributed by atoms with E-state index in [2.05, 4.69) is 25.8 Å². The molecule has 0 radical (unpaired) electrons. The fourth-order valence-corrected chi connectivity index (χ4v) is 2.71. The zero-order valence-corrected chi connectivity index (χ0v) is 11.4. The molecule has 0 saturated carbocycles. The van der Waals surface area contributed by atoms with E-state index in [1.807, 2.05) is 30.3 Å².